The van der Waals surface area contributed by atoms with Gasteiger partial charge >= 0.3 is 0 Å². The Bertz CT molecular complexity index is 401. The lowest BCUT2D eigenvalue weighted by Gasteiger charge is -2.29. The minimum absolute atomic E-state index is 0.160. The van der Waals surface area contributed by atoms with Gasteiger partial charge in [0.05, 0.1) is 6.54 Å². The van der Waals surface area contributed by atoms with Gasteiger partial charge in [0.1, 0.15) is 0 Å². The number of hydrogen-bond acceptors (Lipinski definition) is 2. The number of nitrogens with one attached hydrogen (secondary N) is 1. The molecule has 0 fully saturated rings. The summed E-state index contributed by atoms with van der Waals surface area (Å²) >= 11 is 0. The molecule has 0 radical (unpaired) electrons. The summed E-state index contributed by atoms with van der Waals surface area (Å²) in [5.74, 6) is 0.160. The monoisotopic (exact) mass is 218 g/mol. The highest BCUT2D eigenvalue weighted by molar-refractivity contribution is 5.95. The number of amides is 1. The highest BCUT2D eigenvalue weighted by Gasteiger charge is 2.21. The zero-order chi connectivity index (χ0) is 11.5. The van der Waals surface area contributed by atoms with E-state index in [1.165, 1.54) is 11.1 Å². The molecule has 86 valence electrons. The second kappa shape index (κ2) is 4.66. The van der Waals surface area contributed by atoms with Crippen molar-refractivity contribution >= 4 is 11.6 Å². The van der Waals surface area contributed by atoms with Crippen LogP contribution >= 0.6 is 0 Å². The molecule has 1 amide bonds. The number of fused-ring (bicyclic) bond motifs is 1. The Labute approximate surface area is 96.5 Å². The summed E-state index contributed by atoms with van der Waals surface area (Å²) in [7, 11) is 1.80. The molecule has 3 nitrogen and oxygen atoms in total. The Kier molecular flexibility index (Phi) is 3.25. The van der Waals surface area contributed by atoms with Crippen molar-refractivity contribution in [2.75, 3.05) is 25.0 Å². The molecule has 1 N–H and O–H groups in total. The first-order valence-electron chi connectivity index (χ1n) is 5.77. The summed E-state index contributed by atoms with van der Waals surface area (Å²) in [6.45, 7) is 3.35. The number of benzene rings is 1. The molecule has 0 aromatic heterocycles. The van der Waals surface area contributed by atoms with Crippen molar-refractivity contribution in [1.82, 2.24) is 5.32 Å². The number of likely N-dealkylation sites (N-methyl/N-ethyl adjacent to an activating group) is 1. The molecule has 0 saturated carbocycles. The minimum Gasteiger partial charge on any atom is -0.311 e. The van der Waals surface area contributed by atoms with Crippen LogP contribution in [0.1, 0.15) is 17.5 Å². The van der Waals surface area contributed by atoms with Crippen LogP contribution in [0.4, 0.5) is 5.69 Å². The van der Waals surface area contributed by atoms with E-state index in [2.05, 4.69) is 30.4 Å². The number of rotatable bonds is 2. The Balaban J connectivity index is 2.29. The van der Waals surface area contributed by atoms with Crippen molar-refractivity contribution in [2.24, 2.45) is 0 Å². The molecular weight excluding hydrogens is 200 g/mol. The SMILES string of the molecule is CNCC(=O)N1CCCc2cc(C)ccc21. The molecule has 1 aliphatic heterocycles. The number of carbonyl (C=O) groups excluding carboxylic acids is 1. The van der Waals surface area contributed by atoms with Crippen molar-refractivity contribution < 1.29 is 4.79 Å². The fourth-order valence-corrected chi connectivity index (χ4v) is 2.23. The van der Waals surface area contributed by atoms with Gasteiger partial charge in [-0.1, -0.05) is 17.7 Å². The van der Waals surface area contributed by atoms with Crippen molar-refractivity contribution in [3.05, 3.63) is 29.3 Å². The van der Waals surface area contributed by atoms with Crippen molar-refractivity contribution in [1.29, 1.82) is 0 Å². The molecule has 16 heavy (non-hydrogen) atoms. The van der Waals surface area contributed by atoms with Crippen LogP contribution in [0.3, 0.4) is 0 Å². The fourth-order valence-electron chi connectivity index (χ4n) is 2.23. The third-order valence-electron chi connectivity index (χ3n) is 2.98. The second-order valence-corrected chi connectivity index (χ2v) is 4.31. The Morgan fingerprint density at radius 1 is 1.50 bits per heavy atom. The van der Waals surface area contributed by atoms with E-state index in [0.717, 1.165) is 25.1 Å². The summed E-state index contributed by atoms with van der Waals surface area (Å²) in [5, 5.41) is 2.92. The summed E-state index contributed by atoms with van der Waals surface area (Å²) in [6.07, 6.45) is 2.15. The highest BCUT2D eigenvalue weighted by Crippen LogP contribution is 2.27. The van der Waals surface area contributed by atoms with Gasteiger partial charge in [0, 0.05) is 12.2 Å². The first-order valence-corrected chi connectivity index (χ1v) is 5.77. The lowest BCUT2D eigenvalue weighted by atomic mass is 9.99. The van der Waals surface area contributed by atoms with E-state index in [1.54, 1.807) is 7.05 Å². The topological polar surface area (TPSA) is 32.3 Å². The average Bonchev–Trinajstić information content (AvgIpc) is 2.28. The van der Waals surface area contributed by atoms with E-state index in [-0.39, 0.29) is 5.91 Å². The maximum atomic E-state index is 11.9. The second-order valence-electron chi connectivity index (χ2n) is 4.31. The largest absolute Gasteiger partial charge is 0.311 e. The van der Waals surface area contributed by atoms with Crippen molar-refractivity contribution in [3.63, 3.8) is 0 Å². The van der Waals surface area contributed by atoms with Gasteiger partial charge in [-0.15, -0.1) is 0 Å². The predicted molar refractivity (Wildman–Crippen MR) is 65.8 cm³/mol. The van der Waals surface area contributed by atoms with Gasteiger partial charge in [-0.3, -0.25) is 4.79 Å². The average molecular weight is 218 g/mol. The van der Waals surface area contributed by atoms with E-state index in [0.29, 0.717) is 6.54 Å². The van der Waals surface area contributed by atoms with Crippen LogP contribution in [0.15, 0.2) is 18.2 Å². The van der Waals surface area contributed by atoms with Crippen LogP contribution in [0.2, 0.25) is 0 Å². The van der Waals surface area contributed by atoms with E-state index in [4.69, 9.17) is 0 Å². The molecule has 3 heteroatoms. The third-order valence-corrected chi connectivity index (χ3v) is 2.98. The quantitative estimate of drug-likeness (QED) is 0.815. The molecule has 1 heterocycles. The van der Waals surface area contributed by atoms with Crippen LogP contribution in [-0.2, 0) is 11.2 Å². The van der Waals surface area contributed by atoms with Crippen LogP contribution in [0.25, 0.3) is 0 Å². The van der Waals surface area contributed by atoms with Gasteiger partial charge in [-0.2, -0.15) is 0 Å². The lowest BCUT2D eigenvalue weighted by molar-refractivity contribution is -0.117. The Hall–Kier alpha value is -1.35. The van der Waals surface area contributed by atoms with Gasteiger partial charge in [0.25, 0.3) is 0 Å². The Morgan fingerprint density at radius 2 is 2.31 bits per heavy atom. The van der Waals surface area contributed by atoms with Gasteiger partial charge in [0.15, 0.2) is 0 Å². The molecular formula is C13H18N2O. The highest BCUT2D eigenvalue weighted by atomic mass is 16.2. The number of hydrogen-bond donors (Lipinski definition) is 1. The molecule has 0 atom stereocenters. The van der Waals surface area contributed by atoms with Crippen molar-refractivity contribution in [2.45, 2.75) is 19.8 Å². The zero-order valence-corrected chi connectivity index (χ0v) is 9.92. The Morgan fingerprint density at radius 3 is 3.06 bits per heavy atom. The number of carbonyl (C=O) groups is 1. The molecule has 2 rings (SSSR count). The zero-order valence-electron chi connectivity index (χ0n) is 9.92. The van der Waals surface area contributed by atoms with E-state index < -0.39 is 0 Å². The molecule has 1 aromatic carbocycles. The van der Waals surface area contributed by atoms with Crippen LogP contribution in [0.5, 0.6) is 0 Å². The minimum atomic E-state index is 0.160. The number of anilines is 1. The maximum Gasteiger partial charge on any atom is 0.240 e. The molecule has 1 aliphatic rings. The van der Waals surface area contributed by atoms with Gasteiger partial charge in [-0.05, 0) is 38.4 Å². The van der Waals surface area contributed by atoms with Gasteiger partial charge in [0.2, 0.25) is 5.91 Å². The molecule has 1 aromatic rings. The van der Waals surface area contributed by atoms with E-state index in [1.807, 2.05) is 4.90 Å². The summed E-state index contributed by atoms with van der Waals surface area (Å²) in [6, 6.07) is 6.33. The van der Waals surface area contributed by atoms with E-state index >= 15 is 0 Å². The molecule has 0 unspecified atom stereocenters. The van der Waals surface area contributed by atoms with Crippen LogP contribution in [-0.4, -0.2) is 26.0 Å². The van der Waals surface area contributed by atoms with Crippen molar-refractivity contribution in [3.8, 4) is 0 Å². The van der Waals surface area contributed by atoms with Crippen LogP contribution < -0.4 is 10.2 Å². The lowest BCUT2D eigenvalue weighted by Crippen LogP contribution is -2.40. The smallest absolute Gasteiger partial charge is 0.240 e. The normalized spacial score (nSPS) is 14.8. The standard InChI is InChI=1S/C13H18N2O/c1-10-5-6-12-11(8-10)4-3-7-15(12)13(16)9-14-2/h5-6,8,14H,3-4,7,9H2,1-2H3. The van der Waals surface area contributed by atoms with Crippen LogP contribution in [0, 0.1) is 6.92 Å². The summed E-state index contributed by atoms with van der Waals surface area (Å²) in [5.41, 5.74) is 3.66. The number of nitrogens with zero attached hydrogens (tertiary/aromatic N) is 1. The molecule has 0 bridgehead atoms. The summed E-state index contributed by atoms with van der Waals surface area (Å²) < 4.78 is 0. The van der Waals surface area contributed by atoms with Gasteiger partial charge in [-0.25, -0.2) is 0 Å². The van der Waals surface area contributed by atoms with Gasteiger partial charge < -0.3 is 10.2 Å². The third kappa shape index (κ3) is 2.09. The fraction of sp³-hybridized carbons (Fsp3) is 0.462. The molecule has 0 aliphatic carbocycles. The molecule has 0 spiro atoms. The van der Waals surface area contributed by atoms with E-state index in [9.17, 15) is 4.79 Å². The first kappa shape index (κ1) is 11.1. The molecule has 0 saturated heterocycles. The number of aryl methyl sites for hydroxylation is 2. The first-order chi connectivity index (χ1) is 7.72. The summed E-state index contributed by atoms with van der Waals surface area (Å²) in [4.78, 5) is 13.8. The predicted octanol–water partition coefficient (Wildman–Crippen LogP) is 1.49. The maximum absolute atomic E-state index is 11.9.